The normalized spacial score (nSPS) is 22.1. The van der Waals surface area contributed by atoms with Gasteiger partial charge in [0.05, 0.1) is 25.3 Å². The summed E-state index contributed by atoms with van der Waals surface area (Å²) in [6.07, 6.45) is 6.22. The van der Waals surface area contributed by atoms with E-state index in [1.54, 1.807) is 14.2 Å². The minimum Gasteiger partial charge on any atom is -0.497 e. The van der Waals surface area contributed by atoms with E-state index in [2.05, 4.69) is 20.1 Å². The molecule has 1 N–H and O–H groups in total. The lowest BCUT2D eigenvalue weighted by atomic mass is 9.93. The third kappa shape index (κ3) is 5.90. The number of hydrogen-bond acceptors (Lipinski definition) is 6. The first kappa shape index (κ1) is 21.0. The molecule has 0 radical (unpaired) electrons. The lowest BCUT2D eigenvalue weighted by molar-refractivity contribution is -0.127. The summed E-state index contributed by atoms with van der Waals surface area (Å²) in [6.45, 7) is 6.19. The predicted molar refractivity (Wildman–Crippen MR) is 108 cm³/mol. The Bertz CT molecular complexity index is 619. The highest BCUT2D eigenvalue weighted by Gasteiger charge is 2.31. The maximum atomic E-state index is 12.4. The number of likely N-dealkylation sites (tertiary alicyclic amines) is 2. The molecule has 2 aliphatic rings. The van der Waals surface area contributed by atoms with Crippen LogP contribution in [0.1, 0.15) is 31.4 Å². The largest absolute Gasteiger partial charge is 0.497 e. The van der Waals surface area contributed by atoms with Gasteiger partial charge in [-0.2, -0.15) is 0 Å². The first-order chi connectivity index (χ1) is 13.7. The van der Waals surface area contributed by atoms with Gasteiger partial charge in [0, 0.05) is 58.1 Å². The van der Waals surface area contributed by atoms with Crippen molar-refractivity contribution in [3.05, 3.63) is 24.0 Å². The van der Waals surface area contributed by atoms with Crippen LogP contribution in [-0.4, -0.2) is 80.3 Å². The molecule has 7 heteroatoms. The van der Waals surface area contributed by atoms with Crippen molar-refractivity contribution in [2.45, 2.75) is 38.3 Å². The minimum absolute atomic E-state index is 0.115. The topological polar surface area (TPSA) is 66.9 Å². The van der Waals surface area contributed by atoms with Crippen LogP contribution in [0.5, 0.6) is 5.75 Å². The summed E-state index contributed by atoms with van der Waals surface area (Å²) in [7, 11) is 3.35. The maximum absolute atomic E-state index is 12.4. The van der Waals surface area contributed by atoms with E-state index in [1.165, 1.54) is 0 Å². The lowest BCUT2D eigenvalue weighted by Crippen LogP contribution is -2.50. The second-order valence-electron chi connectivity index (χ2n) is 7.81. The number of nitrogens with one attached hydrogen (secondary N) is 1. The van der Waals surface area contributed by atoms with Gasteiger partial charge in [-0.05, 0) is 38.3 Å². The number of ether oxygens (including phenoxy) is 2. The number of amides is 1. The molecule has 1 aromatic rings. The van der Waals surface area contributed by atoms with Crippen molar-refractivity contribution in [1.29, 1.82) is 0 Å². The van der Waals surface area contributed by atoms with Gasteiger partial charge >= 0.3 is 0 Å². The summed E-state index contributed by atoms with van der Waals surface area (Å²) in [5.41, 5.74) is 1.06. The number of methoxy groups -OCH3 is 2. The van der Waals surface area contributed by atoms with E-state index in [1.807, 2.05) is 18.3 Å². The predicted octanol–water partition coefficient (Wildman–Crippen LogP) is 1.53. The Morgan fingerprint density at radius 3 is 2.82 bits per heavy atom. The van der Waals surface area contributed by atoms with Gasteiger partial charge in [0.15, 0.2) is 0 Å². The van der Waals surface area contributed by atoms with Gasteiger partial charge in [0.2, 0.25) is 5.91 Å². The van der Waals surface area contributed by atoms with Crippen molar-refractivity contribution < 1.29 is 14.3 Å². The molecule has 1 amide bonds. The molecule has 0 bridgehead atoms. The highest BCUT2D eigenvalue weighted by atomic mass is 16.5. The lowest BCUT2D eigenvalue weighted by Gasteiger charge is -2.42. The Kier molecular flexibility index (Phi) is 8.06. The number of nitrogens with zero attached hydrogens (tertiary/aromatic N) is 3. The molecular weight excluding hydrogens is 356 g/mol. The molecule has 2 fully saturated rings. The van der Waals surface area contributed by atoms with E-state index in [9.17, 15) is 4.79 Å². The van der Waals surface area contributed by atoms with Gasteiger partial charge in [0.25, 0.3) is 0 Å². The first-order valence-electron chi connectivity index (χ1n) is 10.4. The van der Waals surface area contributed by atoms with Crippen molar-refractivity contribution in [2.24, 2.45) is 5.92 Å². The van der Waals surface area contributed by atoms with Gasteiger partial charge < -0.3 is 14.8 Å². The smallest absolute Gasteiger partial charge is 0.224 e. The maximum Gasteiger partial charge on any atom is 0.224 e. The minimum atomic E-state index is 0.115. The number of hydrogen-bond donors (Lipinski definition) is 1. The summed E-state index contributed by atoms with van der Waals surface area (Å²) in [5, 5.41) is 3.00. The highest BCUT2D eigenvalue weighted by molar-refractivity contribution is 5.78. The fourth-order valence-corrected chi connectivity index (χ4v) is 4.31. The zero-order chi connectivity index (χ0) is 19.8. The van der Waals surface area contributed by atoms with E-state index in [0.717, 1.165) is 69.9 Å². The SMILES string of the molecule is COCCNC(=O)[C@@H]1CCCN(C2CCN(Cc3cc(OC)ccn3)CC2)C1. The quantitative estimate of drug-likeness (QED) is 0.679. The van der Waals surface area contributed by atoms with E-state index in [-0.39, 0.29) is 11.8 Å². The van der Waals surface area contributed by atoms with Crippen LogP contribution < -0.4 is 10.1 Å². The molecule has 3 rings (SSSR count). The number of piperidine rings is 2. The molecule has 156 valence electrons. The highest BCUT2D eigenvalue weighted by Crippen LogP contribution is 2.25. The van der Waals surface area contributed by atoms with Gasteiger partial charge in [0.1, 0.15) is 5.75 Å². The molecule has 0 aromatic carbocycles. The van der Waals surface area contributed by atoms with Crippen LogP contribution in [0.25, 0.3) is 0 Å². The Hall–Kier alpha value is -1.70. The Labute approximate surface area is 168 Å². The van der Waals surface area contributed by atoms with E-state index < -0.39 is 0 Å². The second kappa shape index (κ2) is 10.7. The molecule has 7 nitrogen and oxygen atoms in total. The molecule has 0 saturated carbocycles. The summed E-state index contributed by atoms with van der Waals surface area (Å²) >= 11 is 0. The third-order valence-electron chi connectivity index (χ3n) is 5.91. The van der Waals surface area contributed by atoms with Crippen molar-refractivity contribution in [3.8, 4) is 5.75 Å². The molecular formula is C21H34N4O3. The molecule has 3 heterocycles. The van der Waals surface area contributed by atoms with E-state index in [4.69, 9.17) is 9.47 Å². The molecule has 0 spiro atoms. The summed E-state index contributed by atoms with van der Waals surface area (Å²) in [4.78, 5) is 21.9. The average molecular weight is 391 g/mol. The van der Waals surface area contributed by atoms with Crippen LogP contribution in [0.4, 0.5) is 0 Å². The van der Waals surface area contributed by atoms with E-state index >= 15 is 0 Å². The molecule has 1 aromatic heterocycles. The molecule has 0 unspecified atom stereocenters. The number of carbonyl (C=O) groups excluding carboxylic acids is 1. The Morgan fingerprint density at radius 2 is 2.07 bits per heavy atom. The number of pyridine rings is 1. The summed E-state index contributed by atoms with van der Waals surface area (Å²) in [5.74, 6) is 1.16. The van der Waals surface area contributed by atoms with Crippen LogP contribution in [0.2, 0.25) is 0 Å². The zero-order valence-electron chi connectivity index (χ0n) is 17.2. The van der Waals surface area contributed by atoms with E-state index in [0.29, 0.717) is 19.2 Å². The average Bonchev–Trinajstić information content (AvgIpc) is 2.74. The first-order valence-corrected chi connectivity index (χ1v) is 10.4. The number of rotatable bonds is 8. The second-order valence-corrected chi connectivity index (χ2v) is 7.81. The van der Waals surface area contributed by atoms with Gasteiger partial charge in [-0.15, -0.1) is 0 Å². The van der Waals surface area contributed by atoms with Crippen molar-refractivity contribution >= 4 is 5.91 Å². The standard InChI is InChI=1S/C21H34N4O3/c1-27-13-9-23-21(26)17-4-3-10-25(15-17)19-6-11-24(12-7-19)16-18-14-20(28-2)5-8-22-18/h5,8,14,17,19H,3-4,6-7,9-13,15-16H2,1-2H3,(H,23,26)/t17-/m1/s1. The summed E-state index contributed by atoms with van der Waals surface area (Å²) < 4.78 is 10.3. The van der Waals surface area contributed by atoms with Gasteiger partial charge in [-0.25, -0.2) is 0 Å². The van der Waals surface area contributed by atoms with Crippen LogP contribution >= 0.6 is 0 Å². The fraction of sp³-hybridized carbons (Fsp3) is 0.714. The molecule has 28 heavy (non-hydrogen) atoms. The van der Waals surface area contributed by atoms with Crippen LogP contribution in [0, 0.1) is 5.92 Å². The number of carbonyl (C=O) groups is 1. The molecule has 2 saturated heterocycles. The molecule has 0 aliphatic carbocycles. The third-order valence-corrected chi connectivity index (χ3v) is 5.91. The van der Waals surface area contributed by atoms with Crippen LogP contribution in [0.3, 0.4) is 0 Å². The molecule has 1 atom stereocenters. The Morgan fingerprint density at radius 1 is 1.25 bits per heavy atom. The Balaban J connectivity index is 1.44. The summed E-state index contributed by atoms with van der Waals surface area (Å²) in [6, 6.07) is 4.49. The van der Waals surface area contributed by atoms with Crippen molar-refractivity contribution in [3.63, 3.8) is 0 Å². The monoisotopic (exact) mass is 390 g/mol. The number of aromatic nitrogens is 1. The fourth-order valence-electron chi connectivity index (χ4n) is 4.31. The van der Waals surface area contributed by atoms with Crippen LogP contribution in [-0.2, 0) is 16.1 Å². The molecule has 2 aliphatic heterocycles. The zero-order valence-corrected chi connectivity index (χ0v) is 17.2. The van der Waals surface area contributed by atoms with Crippen LogP contribution in [0.15, 0.2) is 18.3 Å². The van der Waals surface area contributed by atoms with Gasteiger partial charge in [-0.1, -0.05) is 0 Å². The van der Waals surface area contributed by atoms with Crippen molar-refractivity contribution in [1.82, 2.24) is 20.1 Å². The van der Waals surface area contributed by atoms with Gasteiger partial charge in [-0.3, -0.25) is 19.6 Å². The van der Waals surface area contributed by atoms with Crippen molar-refractivity contribution in [2.75, 3.05) is 53.6 Å².